The first-order valence-electron chi connectivity index (χ1n) is 5.28. The number of ether oxygens (including phenoxy) is 1. The Morgan fingerprint density at radius 2 is 2.07 bits per heavy atom. The van der Waals surface area contributed by atoms with Gasteiger partial charge in [0.25, 0.3) is 0 Å². The van der Waals surface area contributed by atoms with Crippen molar-refractivity contribution in [3.8, 4) is 0 Å². The molecule has 0 spiro atoms. The fourth-order valence-electron chi connectivity index (χ4n) is 1.60. The van der Waals surface area contributed by atoms with Crippen LogP contribution in [0.4, 0.5) is 4.79 Å². The van der Waals surface area contributed by atoms with Gasteiger partial charge in [0.2, 0.25) is 6.41 Å². The second-order valence-corrected chi connectivity index (χ2v) is 3.98. The van der Waals surface area contributed by atoms with E-state index in [-0.39, 0.29) is 18.2 Å². The number of piperidine rings is 1. The lowest BCUT2D eigenvalue weighted by molar-refractivity contribution is -0.110. The van der Waals surface area contributed by atoms with Gasteiger partial charge >= 0.3 is 6.09 Å². The number of likely N-dealkylation sites (tertiary alicyclic amines) is 1. The van der Waals surface area contributed by atoms with Gasteiger partial charge in [-0.05, 0) is 26.7 Å². The molecule has 5 nitrogen and oxygen atoms in total. The van der Waals surface area contributed by atoms with Crippen LogP contribution in [0, 0.1) is 0 Å². The van der Waals surface area contributed by atoms with Crippen LogP contribution in [0.15, 0.2) is 0 Å². The van der Waals surface area contributed by atoms with Gasteiger partial charge in [-0.15, -0.1) is 0 Å². The molecule has 1 aliphatic heterocycles. The maximum atomic E-state index is 11.5. The molecule has 0 aromatic heterocycles. The van der Waals surface area contributed by atoms with E-state index < -0.39 is 0 Å². The van der Waals surface area contributed by atoms with Gasteiger partial charge in [-0.3, -0.25) is 4.79 Å². The van der Waals surface area contributed by atoms with Crippen molar-refractivity contribution >= 4 is 12.5 Å². The molecule has 0 radical (unpaired) electrons. The molecule has 0 aliphatic carbocycles. The number of hydrogen-bond donors (Lipinski definition) is 1. The number of nitrogens with one attached hydrogen (secondary N) is 1. The fraction of sp³-hybridized carbons (Fsp3) is 0.800. The Kier molecular flexibility index (Phi) is 4.39. The third-order valence-electron chi connectivity index (χ3n) is 2.39. The highest BCUT2D eigenvalue weighted by atomic mass is 16.6. The molecule has 1 rings (SSSR count). The molecule has 0 unspecified atom stereocenters. The summed E-state index contributed by atoms with van der Waals surface area (Å²) in [5.74, 6) is 0. The fourth-order valence-corrected chi connectivity index (χ4v) is 1.60. The van der Waals surface area contributed by atoms with Crippen molar-refractivity contribution in [2.75, 3.05) is 13.1 Å². The zero-order valence-corrected chi connectivity index (χ0v) is 9.23. The van der Waals surface area contributed by atoms with Gasteiger partial charge < -0.3 is 15.0 Å². The summed E-state index contributed by atoms with van der Waals surface area (Å²) in [5, 5.41) is 2.73. The largest absolute Gasteiger partial charge is 0.447 e. The van der Waals surface area contributed by atoms with Crippen LogP contribution in [-0.2, 0) is 9.53 Å². The van der Waals surface area contributed by atoms with Gasteiger partial charge in [0, 0.05) is 19.1 Å². The third kappa shape index (κ3) is 3.77. The average molecular weight is 214 g/mol. The number of carbonyl (C=O) groups excluding carboxylic acids is 2. The Labute approximate surface area is 89.8 Å². The van der Waals surface area contributed by atoms with Crippen molar-refractivity contribution in [1.29, 1.82) is 0 Å². The van der Waals surface area contributed by atoms with Gasteiger partial charge in [-0.1, -0.05) is 0 Å². The zero-order valence-electron chi connectivity index (χ0n) is 9.23. The average Bonchev–Trinajstić information content (AvgIpc) is 2.18. The highest BCUT2D eigenvalue weighted by Crippen LogP contribution is 2.11. The van der Waals surface area contributed by atoms with Gasteiger partial charge in [0.05, 0.1) is 6.10 Å². The first-order chi connectivity index (χ1) is 7.13. The smallest absolute Gasteiger partial charge is 0.410 e. The Balaban J connectivity index is 2.30. The Morgan fingerprint density at radius 1 is 1.47 bits per heavy atom. The lowest BCUT2D eigenvalue weighted by atomic mass is 10.1. The maximum absolute atomic E-state index is 11.5. The van der Waals surface area contributed by atoms with Gasteiger partial charge in [-0.2, -0.15) is 0 Å². The van der Waals surface area contributed by atoms with Crippen molar-refractivity contribution in [2.45, 2.75) is 38.8 Å². The van der Waals surface area contributed by atoms with E-state index in [9.17, 15) is 9.59 Å². The van der Waals surface area contributed by atoms with Crippen LogP contribution in [0.2, 0.25) is 0 Å². The SMILES string of the molecule is CC(C)OC(=O)N1CCC(NC=O)CC1. The topological polar surface area (TPSA) is 58.6 Å². The molecule has 1 aliphatic rings. The van der Waals surface area contributed by atoms with Crippen LogP contribution in [0.5, 0.6) is 0 Å². The molecule has 5 heteroatoms. The summed E-state index contributed by atoms with van der Waals surface area (Å²) in [6.07, 6.45) is 1.97. The molecular formula is C10H18N2O3. The minimum Gasteiger partial charge on any atom is -0.447 e. The van der Waals surface area contributed by atoms with Crippen molar-refractivity contribution in [2.24, 2.45) is 0 Å². The van der Waals surface area contributed by atoms with Gasteiger partial charge in [0.1, 0.15) is 0 Å². The van der Waals surface area contributed by atoms with Crippen LogP contribution < -0.4 is 5.32 Å². The van der Waals surface area contributed by atoms with E-state index in [2.05, 4.69) is 5.32 Å². The quantitative estimate of drug-likeness (QED) is 0.705. The van der Waals surface area contributed by atoms with E-state index in [1.807, 2.05) is 13.8 Å². The molecule has 0 aromatic rings. The molecule has 0 saturated carbocycles. The van der Waals surface area contributed by atoms with E-state index in [1.165, 1.54) is 0 Å². The summed E-state index contributed by atoms with van der Waals surface area (Å²) in [4.78, 5) is 23.4. The Morgan fingerprint density at radius 3 is 2.53 bits per heavy atom. The van der Waals surface area contributed by atoms with Gasteiger partial charge in [0.15, 0.2) is 0 Å². The van der Waals surface area contributed by atoms with Crippen molar-refractivity contribution < 1.29 is 14.3 Å². The number of amides is 2. The summed E-state index contributed by atoms with van der Waals surface area (Å²) in [6.45, 7) is 4.96. The van der Waals surface area contributed by atoms with Crippen LogP contribution in [-0.4, -0.2) is 42.6 Å². The molecule has 15 heavy (non-hydrogen) atoms. The number of hydrogen-bond acceptors (Lipinski definition) is 3. The first-order valence-corrected chi connectivity index (χ1v) is 5.28. The van der Waals surface area contributed by atoms with Crippen molar-refractivity contribution in [3.05, 3.63) is 0 Å². The van der Waals surface area contributed by atoms with Crippen LogP contribution in [0.1, 0.15) is 26.7 Å². The highest BCUT2D eigenvalue weighted by Gasteiger charge is 2.23. The normalized spacial score (nSPS) is 17.7. The van der Waals surface area contributed by atoms with Gasteiger partial charge in [-0.25, -0.2) is 4.79 Å². The predicted octanol–water partition coefficient (Wildman–Crippen LogP) is 0.742. The second-order valence-electron chi connectivity index (χ2n) is 3.98. The molecule has 86 valence electrons. The summed E-state index contributed by atoms with van der Waals surface area (Å²) in [5.41, 5.74) is 0. The summed E-state index contributed by atoms with van der Waals surface area (Å²) >= 11 is 0. The van der Waals surface area contributed by atoms with Crippen LogP contribution in [0.25, 0.3) is 0 Å². The molecule has 1 saturated heterocycles. The molecule has 1 N–H and O–H groups in total. The maximum Gasteiger partial charge on any atom is 0.410 e. The van der Waals surface area contributed by atoms with E-state index >= 15 is 0 Å². The predicted molar refractivity (Wildman–Crippen MR) is 55.4 cm³/mol. The number of rotatable bonds is 3. The minimum atomic E-state index is -0.255. The van der Waals surface area contributed by atoms with Crippen molar-refractivity contribution in [1.82, 2.24) is 10.2 Å². The van der Waals surface area contributed by atoms with E-state index in [1.54, 1.807) is 4.90 Å². The molecular weight excluding hydrogens is 196 g/mol. The zero-order chi connectivity index (χ0) is 11.3. The number of carbonyl (C=O) groups is 2. The van der Waals surface area contributed by atoms with E-state index in [0.717, 1.165) is 12.8 Å². The lowest BCUT2D eigenvalue weighted by Gasteiger charge is -2.31. The Hall–Kier alpha value is -1.26. The Bertz CT molecular complexity index is 223. The van der Waals surface area contributed by atoms with E-state index in [4.69, 9.17) is 4.74 Å². The summed E-state index contributed by atoms with van der Waals surface area (Å²) in [6, 6.07) is 0.200. The van der Waals surface area contributed by atoms with Crippen molar-refractivity contribution in [3.63, 3.8) is 0 Å². The van der Waals surface area contributed by atoms with Crippen LogP contribution in [0.3, 0.4) is 0 Å². The molecule has 0 atom stereocenters. The standard InChI is InChI=1S/C10H18N2O3/c1-8(2)15-10(14)12-5-3-9(4-6-12)11-7-13/h7-9H,3-6H2,1-2H3,(H,11,13). The summed E-state index contributed by atoms with van der Waals surface area (Å²) < 4.78 is 5.08. The molecule has 2 amide bonds. The van der Waals surface area contributed by atoms with Crippen LogP contribution >= 0.6 is 0 Å². The van der Waals surface area contributed by atoms with E-state index in [0.29, 0.717) is 19.5 Å². The lowest BCUT2D eigenvalue weighted by Crippen LogP contribution is -2.45. The molecule has 1 fully saturated rings. The highest BCUT2D eigenvalue weighted by molar-refractivity contribution is 5.67. The first kappa shape index (κ1) is 11.8. The number of nitrogens with zero attached hydrogens (tertiary/aromatic N) is 1. The molecule has 0 aromatic carbocycles. The monoisotopic (exact) mass is 214 g/mol. The minimum absolute atomic E-state index is 0.0803. The summed E-state index contributed by atoms with van der Waals surface area (Å²) in [7, 11) is 0. The molecule has 0 bridgehead atoms. The second kappa shape index (κ2) is 5.58. The molecule has 1 heterocycles. The third-order valence-corrected chi connectivity index (χ3v) is 2.39.